The average Bonchev–Trinajstić information content (AvgIpc) is 3.07. The van der Waals surface area contributed by atoms with Gasteiger partial charge in [0.15, 0.2) is 17.3 Å². The number of imidazole rings is 1. The zero-order chi connectivity index (χ0) is 21.3. The summed E-state index contributed by atoms with van der Waals surface area (Å²) in [6.45, 7) is 8.52. The quantitative estimate of drug-likeness (QED) is 0.472. The molecule has 0 radical (unpaired) electrons. The smallest absolute Gasteiger partial charge is 0.258 e. The van der Waals surface area contributed by atoms with Gasteiger partial charge in [-0.3, -0.25) is 13.9 Å². The van der Waals surface area contributed by atoms with Gasteiger partial charge < -0.3 is 9.88 Å². The summed E-state index contributed by atoms with van der Waals surface area (Å²) in [5.74, 6) is 0.691. The first kappa shape index (κ1) is 20.3. The molecule has 2 heterocycles. The number of hydrogen-bond donors (Lipinski definition) is 2. The maximum absolute atomic E-state index is 12.4. The highest BCUT2D eigenvalue weighted by Gasteiger charge is 2.14. The van der Waals surface area contributed by atoms with E-state index < -0.39 is 0 Å². The van der Waals surface area contributed by atoms with E-state index in [2.05, 4.69) is 53.5 Å². The number of hydrogen-bond acceptors (Lipinski definition) is 3. The molecule has 0 spiro atoms. The third kappa shape index (κ3) is 3.99. The molecule has 0 aliphatic carbocycles. The summed E-state index contributed by atoms with van der Waals surface area (Å²) in [5.41, 5.74) is 4.16. The van der Waals surface area contributed by atoms with E-state index in [0.717, 1.165) is 22.5 Å². The second kappa shape index (κ2) is 8.38. The molecule has 1 atom stereocenters. The summed E-state index contributed by atoms with van der Waals surface area (Å²) < 4.78 is 4.88. The summed E-state index contributed by atoms with van der Waals surface area (Å²) in [5, 5.41) is 0.618. The van der Waals surface area contributed by atoms with Crippen LogP contribution in [-0.4, -0.2) is 25.6 Å². The van der Waals surface area contributed by atoms with Crippen LogP contribution in [0.1, 0.15) is 23.9 Å². The number of para-hydroxylation sites is 1. The molecule has 2 aromatic heterocycles. The predicted molar refractivity (Wildman–Crippen MR) is 122 cm³/mol. The normalized spacial score (nSPS) is 12.4. The molecule has 0 bridgehead atoms. The Hall–Kier alpha value is -3.03. The Morgan fingerprint density at radius 3 is 2.70 bits per heavy atom. The van der Waals surface area contributed by atoms with E-state index in [0.29, 0.717) is 24.4 Å². The lowest BCUT2D eigenvalue weighted by Gasteiger charge is -2.18. The molecule has 2 aromatic carbocycles. The number of aromatic amines is 1. The number of fused-ring (bicyclic) bond motifs is 1. The van der Waals surface area contributed by atoms with Crippen LogP contribution >= 0.6 is 12.2 Å². The average molecular weight is 421 g/mol. The molecule has 0 amide bonds. The number of nitrogens with one attached hydrogen (secondary N) is 2. The van der Waals surface area contributed by atoms with E-state index in [1.807, 2.05) is 35.2 Å². The van der Waals surface area contributed by atoms with Crippen molar-refractivity contribution in [3.8, 4) is 5.69 Å². The fourth-order valence-corrected chi connectivity index (χ4v) is 4.07. The van der Waals surface area contributed by atoms with Gasteiger partial charge >= 0.3 is 0 Å². The van der Waals surface area contributed by atoms with E-state index in [4.69, 9.17) is 12.2 Å². The third-order valence-corrected chi connectivity index (χ3v) is 5.86. The summed E-state index contributed by atoms with van der Waals surface area (Å²) >= 11 is 5.75. The third-order valence-electron chi connectivity index (χ3n) is 5.43. The van der Waals surface area contributed by atoms with Gasteiger partial charge in [-0.25, -0.2) is 4.98 Å². The van der Waals surface area contributed by atoms with E-state index in [1.54, 1.807) is 6.07 Å². The van der Waals surface area contributed by atoms with Gasteiger partial charge in [0.25, 0.3) is 5.56 Å². The lowest BCUT2D eigenvalue weighted by Crippen LogP contribution is -3.09. The Labute approximate surface area is 180 Å². The van der Waals surface area contributed by atoms with Gasteiger partial charge in [-0.1, -0.05) is 29.8 Å². The van der Waals surface area contributed by atoms with Crippen molar-refractivity contribution in [3.63, 3.8) is 0 Å². The van der Waals surface area contributed by atoms with Crippen LogP contribution in [0.25, 0.3) is 16.6 Å². The fourth-order valence-electron chi connectivity index (χ4n) is 3.78. The SMILES string of the molecule is CC[NH+](Cc1nc2ccccc2c(=O)[nH]1)Cn1ccn(-c2ccc(C)cc2C)c1=S. The number of aromatic nitrogens is 4. The van der Waals surface area contributed by atoms with Gasteiger partial charge in [0, 0.05) is 12.4 Å². The first-order valence-electron chi connectivity index (χ1n) is 10.1. The van der Waals surface area contributed by atoms with Gasteiger partial charge in [0.2, 0.25) is 0 Å². The van der Waals surface area contributed by atoms with Crippen molar-refractivity contribution in [3.05, 3.63) is 86.9 Å². The van der Waals surface area contributed by atoms with Crippen LogP contribution in [0.15, 0.2) is 59.7 Å². The molecule has 0 saturated heterocycles. The maximum Gasteiger partial charge on any atom is 0.258 e. The van der Waals surface area contributed by atoms with Gasteiger partial charge in [-0.2, -0.15) is 0 Å². The van der Waals surface area contributed by atoms with Crippen molar-refractivity contribution in [2.75, 3.05) is 6.54 Å². The second-order valence-corrected chi connectivity index (χ2v) is 8.04. The molecule has 4 aromatic rings. The van der Waals surface area contributed by atoms with E-state index in [9.17, 15) is 4.79 Å². The summed E-state index contributed by atoms with van der Waals surface area (Å²) in [4.78, 5) is 21.2. The fraction of sp³-hybridized carbons (Fsp3) is 0.261. The molecule has 0 aliphatic rings. The Balaban J connectivity index is 1.58. The maximum atomic E-state index is 12.4. The second-order valence-electron chi connectivity index (χ2n) is 7.68. The Morgan fingerprint density at radius 2 is 1.93 bits per heavy atom. The zero-order valence-corrected chi connectivity index (χ0v) is 18.3. The minimum atomic E-state index is -0.0938. The number of H-pyrrole nitrogens is 1. The molecule has 30 heavy (non-hydrogen) atoms. The highest BCUT2D eigenvalue weighted by Crippen LogP contribution is 2.16. The minimum Gasteiger partial charge on any atom is -0.311 e. The summed E-state index contributed by atoms with van der Waals surface area (Å²) in [6, 6.07) is 13.8. The minimum absolute atomic E-state index is 0.0938. The van der Waals surface area contributed by atoms with Gasteiger partial charge in [0.05, 0.1) is 23.1 Å². The molecule has 2 N–H and O–H groups in total. The molecular weight excluding hydrogens is 394 g/mol. The molecule has 4 rings (SSSR count). The van der Waals surface area contributed by atoms with Gasteiger partial charge in [-0.15, -0.1) is 0 Å². The molecular formula is C23H26N5OS+. The van der Waals surface area contributed by atoms with Crippen molar-refractivity contribution in [1.82, 2.24) is 19.1 Å². The number of rotatable bonds is 6. The predicted octanol–water partition coefficient (Wildman–Crippen LogP) is 2.92. The molecule has 0 fully saturated rings. The van der Waals surface area contributed by atoms with E-state index >= 15 is 0 Å². The molecule has 1 unspecified atom stereocenters. The van der Waals surface area contributed by atoms with Crippen LogP contribution in [0.3, 0.4) is 0 Å². The highest BCUT2D eigenvalue weighted by molar-refractivity contribution is 7.71. The first-order chi connectivity index (χ1) is 14.5. The number of benzene rings is 2. The molecule has 6 nitrogen and oxygen atoms in total. The van der Waals surface area contributed by atoms with Crippen molar-refractivity contribution < 1.29 is 4.90 Å². The van der Waals surface area contributed by atoms with Crippen molar-refractivity contribution in [1.29, 1.82) is 0 Å². The molecule has 0 saturated carbocycles. The van der Waals surface area contributed by atoms with Crippen LogP contribution in [0.4, 0.5) is 0 Å². The van der Waals surface area contributed by atoms with Crippen molar-refractivity contribution in [2.45, 2.75) is 34.0 Å². The van der Waals surface area contributed by atoms with Crippen LogP contribution in [-0.2, 0) is 13.2 Å². The van der Waals surface area contributed by atoms with Gasteiger partial charge in [-0.05, 0) is 56.8 Å². The lowest BCUT2D eigenvalue weighted by atomic mass is 10.1. The zero-order valence-electron chi connectivity index (χ0n) is 17.5. The molecule has 0 aliphatic heterocycles. The van der Waals surface area contributed by atoms with Crippen molar-refractivity contribution >= 4 is 23.1 Å². The standard InChI is InChI=1S/C23H25N5OS/c1-4-26(14-21-24-19-8-6-5-7-18(19)22(29)25-21)15-27-11-12-28(23(27)30)20-10-9-16(2)13-17(20)3/h5-13H,4,14-15H2,1-3H3,(H,24,25,29)/p+1. The first-order valence-corrected chi connectivity index (χ1v) is 10.5. The van der Waals surface area contributed by atoms with Crippen LogP contribution in [0.5, 0.6) is 0 Å². The van der Waals surface area contributed by atoms with Crippen LogP contribution in [0, 0.1) is 18.6 Å². The highest BCUT2D eigenvalue weighted by atomic mass is 32.1. The van der Waals surface area contributed by atoms with Crippen LogP contribution < -0.4 is 10.5 Å². The Bertz CT molecular complexity index is 1320. The van der Waals surface area contributed by atoms with E-state index in [1.165, 1.54) is 16.0 Å². The van der Waals surface area contributed by atoms with Gasteiger partial charge in [0.1, 0.15) is 6.54 Å². The number of aryl methyl sites for hydroxylation is 2. The Morgan fingerprint density at radius 1 is 1.13 bits per heavy atom. The summed E-state index contributed by atoms with van der Waals surface area (Å²) in [7, 11) is 0. The van der Waals surface area contributed by atoms with Crippen molar-refractivity contribution in [2.24, 2.45) is 0 Å². The van der Waals surface area contributed by atoms with E-state index in [-0.39, 0.29) is 5.56 Å². The summed E-state index contributed by atoms with van der Waals surface area (Å²) in [6.07, 6.45) is 4.04. The largest absolute Gasteiger partial charge is 0.311 e. The topological polar surface area (TPSA) is 60.1 Å². The number of nitrogens with zero attached hydrogens (tertiary/aromatic N) is 3. The number of quaternary nitrogens is 1. The van der Waals surface area contributed by atoms with Crippen LogP contribution in [0.2, 0.25) is 0 Å². The Kier molecular flexibility index (Phi) is 5.65. The molecule has 154 valence electrons. The molecule has 7 heteroatoms. The lowest BCUT2D eigenvalue weighted by molar-refractivity contribution is -0.935. The monoisotopic (exact) mass is 420 g/mol.